The van der Waals surface area contributed by atoms with Crippen LogP contribution in [0.25, 0.3) is 0 Å². The van der Waals surface area contributed by atoms with Crippen molar-refractivity contribution in [2.24, 2.45) is 5.73 Å². The van der Waals surface area contributed by atoms with E-state index in [0.29, 0.717) is 40.0 Å². The van der Waals surface area contributed by atoms with Crippen LogP contribution in [0.3, 0.4) is 0 Å². The number of carbonyl (C=O) groups excluding carboxylic acids is 2. The van der Waals surface area contributed by atoms with Crippen LogP contribution in [0.2, 0.25) is 0 Å². The molecule has 39 heavy (non-hydrogen) atoms. The SMILES string of the molecule is N#CC1=C(N)N(c2nnc(SCC(=O)Nc3ccc(C(=O)O)cc3)s2)C2=C(C(=O)CCC2)C1c1ccccc1. The van der Waals surface area contributed by atoms with Gasteiger partial charge in [-0.25, -0.2) is 4.79 Å². The number of anilines is 2. The van der Waals surface area contributed by atoms with E-state index >= 15 is 0 Å². The van der Waals surface area contributed by atoms with E-state index in [4.69, 9.17) is 10.8 Å². The van der Waals surface area contributed by atoms with Crippen LogP contribution in [-0.4, -0.2) is 38.7 Å². The molecule has 10 nitrogen and oxygen atoms in total. The Morgan fingerprint density at radius 3 is 2.59 bits per heavy atom. The number of hydrogen-bond acceptors (Lipinski definition) is 10. The number of nitrogens with one attached hydrogen (secondary N) is 1. The summed E-state index contributed by atoms with van der Waals surface area (Å²) in [4.78, 5) is 38.3. The maximum absolute atomic E-state index is 13.2. The van der Waals surface area contributed by atoms with Gasteiger partial charge in [0.25, 0.3) is 0 Å². The molecule has 5 rings (SSSR count). The second-order valence-electron chi connectivity index (χ2n) is 8.80. The lowest BCUT2D eigenvalue weighted by molar-refractivity contribution is -0.116. The number of nitriles is 1. The minimum Gasteiger partial charge on any atom is -0.478 e. The number of allylic oxidation sites excluding steroid dienone is 3. The maximum atomic E-state index is 13.2. The van der Waals surface area contributed by atoms with E-state index in [-0.39, 0.29) is 34.4 Å². The Balaban J connectivity index is 1.37. The summed E-state index contributed by atoms with van der Waals surface area (Å²) in [5.74, 6) is -1.62. The van der Waals surface area contributed by atoms with Gasteiger partial charge in [0.2, 0.25) is 11.0 Å². The highest BCUT2D eigenvalue weighted by molar-refractivity contribution is 8.01. The molecule has 1 amide bonds. The Labute approximate surface area is 231 Å². The van der Waals surface area contributed by atoms with Crippen LogP contribution >= 0.6 is 23.1 Å². The first-order valence-corrected chi connectivity index (χ1v) is 13.8. The third-order valence-electron chi connectivity index (χ3n) is 6.38. The first-order valence-electron chi connectivity index (χ1n) is 12.0. The van der Waals surface area contributed by atoms with Crippen LogP contribution in [0, 0.1) is 11.3 Å². The first kappa shape index (κ1) is 26.1. The number of amides is 1. The summed E-state index contributed by atoms with van der Waals surface area (Å²) in [6.07, 6.45) is 1.67. The average molecular weight is 559 g/mol. The molecule has 12 heteroatoms. The molecule has 1 unspecified atom stereocenters. The van der Waals surface area contributed by atoms with Gasteiger partial charge in [0.15, 0.2) is 10.1 Å². The molecular formula is C27H22N6O4S2. The summed E-state index contributed by atoms with van der Waals surface area (Å²) < 4.78 is 0.516. The molecule has 1 atom stereocenters. The van der Waals surface area contributed by atoms with Crippen molar-refractivity contribution in [3.05, 3.63) is 88.4 Å². The highest BCUT2D eigenvalue weighted by Gasteiger charge is 2.41. The topological polar surface area (TPSA) is 162 Å². The third kappa shape index (κ3) is 5.27. The minimum atomic E-state index is -1.04. The molecule has 3 aromatic rings. The van der Waals surface area contributed by atoms with Crippen molar-refractivity contribution in [2.75, 3.05) is 16.0 Å². The summed E-state index contributed by atoms with van der Waals surface area (Å²) in [6.45, 7) is 0. The Hall–Kier alpha value is -4.47. The molecule has 1 aliphatic heterocycles. The number of nitrogens with two attached hydrogens (primary N) is 1. The summed E-state index contributed by atoms with van der Waals surface area (Å²) in [5, 5.41) is 30.7. The number of aromatic carboxylic acids is 1. The van der Waals surface area contributed by atoms with Crippen LogP contribution in [0.15, 0.2) is 81.6 Å². The molecule has 0 saturated heterocycles. The van der Waals surface area contributed by atoms with Gasteiger partial charge in [-0.1, -0.05) is 53.4 Å². The van der Waals surface area contributed by atoms with Gasteiger partial charge in [-0.2, -0.15) is 5.26 Å². The second-order valence-corrected chi connectivity index (χ2v) is 11.0. The van der Waals surface area contributed by atoms with Crippen molar-refractivity contribution in [1.82, 2.24) is 10.2 Å². The van der Waals surface area contributed by atoms with Gasteiger partial charge in [0.05, 0.1) is 28.9 Å². The molecule has 0 fully saturated rings. The van der Waals surface area contributed by atoms with E-state index in [9.17, 15) is 19.6 Å². The predicted octanol–water partition coefficient (Wildman–Crippen LogP) is 4.27. The van der Waals surface area contributed by atoms with E-state index in [1.54, 1.807) is 4.90 Å². The van der Waals surface area contributed by atoms with Crippen LogP contribution in [0.1, 0.15) is 41.1 Å². The molecule has 0 bridgehead atoms. The van der Waals surface area contributed by atoms with Crippen molar-refractivity contribution >= 4 is 51.6 Å². The zero-order chi connectivity index (χ0) is 27.5. The smallest absolute Gasteiger partial charge is 0.335 e. The Morgan fingerprint density at radius 2 is 1.90 bits per heavy atom. The molecule has 2 aliphatic rings. The van der Waals surface area contributed by atoms with Crippen molar-refractivity contribution in [1.29, 1.82) is 5.26 Å². The fourth-order valence-corrected chi connectivity index (χ4v) is 6.34. The minimum absolute atomic E-state index is 0.0116. The van der Waals surface area contributed by atoms with Gasteiger partial charge in [-0.05, 0) is 42.7 Å². The zero-order valence-electron chi connectivity index (χ0n) is 20.5. The van der Waals surface area contributed by atoms with E-state index in [2.05, 4.69) is 21.6 Å². The molecule has 1 aromatic heterocycles. The highest BCUT2D eigenvalue weighted by atomic mass is 32.2. The largest absolute Gasteiger partial charge is 0.478 e. The van der Waals surface area contributed by atoms with E-state index in [1.807, 2.05) is 30.3 Å². The zero-order valence-corrected chi connectivity index (χ0v) is 22.1. The molecule has 0 saturated carbocycles. The summed E-state index contributed by atoms with van der Waals surface area (Å²) in [6, 6.07) is 17.5. The van der Waals surface area contributed by atoms with Gasteiger partial charge in [0, 0.05) is 23.4 Å². The van der Waals surface area contributed by atoms with Crippen LogP contribution < -0.4 is 16.0 Å². The van der Waals surface area contributed by atoms with Crippen LogP contribution in [0.5, 0.6) is 0 Å². The van der Waals surface area contributed by atoms with E-state index in [1.165, 1.54) is 47.4 Å². The molecule has 0 spiro atoms. The maximum Gasteiger partial charge on any atom is 0.335 e. The number of nitrogens with zero attached hydrogens (tertiary/aromatic N) is 4. The molecule has 196 valence electrons. The van der Waals surface area contributed by atoms with Gasteiger partial charge >= 0.3 is 5.97 Å². The van der Waals surface area contributed by atoms with Crippen molar-refractivity contribution < 1.29 is 19.5 Å². The Kier molecular flexibility index (Phi) is 7.44. The number of carboxylic acid groups (broad SMARTS) is 1. The number of hydrogen-bond donors (Lipinski definition) is 3. The van der Waals surface area contributed by atoms with Crippen molar-refractivity contribution in [2.45, 2.75) is 29.5 Å². The second kappa shape index (κ2) is 11.1. The van der Waals surface area contributed by atoms with Crippen LogP contribution in [-0.2, 0) is 9.59 Å². The first-order chi connectivity index (χ1) is 18.9. The lowest BCUT2D eigenvalue weighted by Crippen LogP contribution is -2.38. The van der Waals surface area contributed by atoms with Crippen LogP contribution in [0.4, 0.5) is 10.8 Å². The molecule has 4 N–H and O–H groups in total. The lowest BCUT2D eigenvalue weighted by atomic mass is 9.76. The van der Waals surface area contributed by atoms with E-state index < -0.39 is 11.9 Å². The van der Waals surface area contributed by atoms with Gasteiger partial charge in [-0.15, -0.1) is 10.2 Å². The number of ketones is 1. The number of benzene rings is 2. The summed E-state index contributed by atoms with van der Waals surface area (Å²) in [7, 11) is 0. The summed E-state index contributed by atoms with van der Waals surface area (Å²) in [5.41, 5.74) is 9.58. The molecule has 0 radical (unpaired) electrons. The Morgan fingerprint density at radius 1 is 1.15 bits per heavy atom. The quantitative estimate of drug-likeness (QED) is 0.357. The molecular weight excluding hydrogens is 536 g/mol. The van der Waals surface area contributed by atoms with Gasteiger partial charge < -0.3 is 16.2 Å². The van der Waals surface area contributed by atoms with Gasteiger partial charge in [0.1, 0.15) is 5.82 Å². The molecule has 2 aromatic carbocycles. The standard InChI is InChI=1S/C27H22N6O4S2/c28-13-18-22(15-5-2-1-3-6-15)23-19(7-4-8-20(23)34)33(24(18)29)26-31-32-27(39-26)38-14-21(35)30-17-11-9-16(10-12-17)25(36)37/h1-3,5-6,9-12,22H,4,7-8,14,29H2,(H,30,35)(H,36,37). The molecule has 1 aliphatic carbocycles. The number of thioether (sulfide) groups is 1. The third-order valence-corrected chi connectivity index (χ3v) is 8.42. The fourth-order valence-electron chi connectivity index (χ4n) is 4.66. The van der Waals surface area contributed by atoms with E-state index in [0.717, 1.165) is 11.3 Å². The van der Waals surface area contributed by atoms with Crippen molar-refractivity contribution in [3.63, 3.8) is 0 Å². The lowest BCUT2D eigenvalue weighted by Gasteiger charge is -2.38. The number of Topliss-reactive ketones (excluding diaryl/α,β-unsaturated/α-hetero) is 1. The fraction of sp³-hybridized carbons (Fsp3) is 0.185. The normalized spacial score (nSPS) is 17.1. The monoisotopic (exact) mass is 558 g/mol. The summed E-state index contributed by atoms with van der Waals surface area (Å²) >= 11 is 2.40. The molecule has 2 heterocycles. The predicted molar refractivity (Wildman–Crippen MR) is 147 cm³/mol. The highest BCUT2D eigenvalue weighted by Crippen LogP contribution is 2.47. The number of aromatic nitrogens is 2. The average Bonchev–Trinajstić information content (AvgIpc) is 3.40. The number of rotatable bonds is 7. The Bertz CT molecular complexity index is 1560. The van der Waals surface area contributed by atoms with Gasteiger partial charge in [-0.3, -0.25) is 14.5 Å². The number of carboxylic acids is 1. The van der Waals surface area contributed by atoms with Crippen molar-refractivity contribution in [3.8, 4) is 6.07 Å². The number of carbonyl (C=O) groups is 3.